The van der Waals surface area contributed by atoms with Crippen LogP contribution in [0.2, 0.25) is 5.02 Å². The van der Waals surface area contributed by atoms with Gasteiger partial charge in [0.2, 0.25) is 5.91 Å². The van der Waals surface area contributed by atoms with Gasteiger partial charge in [-0.05, 0) is 49.9 Å². The van der Waals surface area contributed by atoms with Gasteiger partial charge in [0, 0.05) is 24.5 Å². The van der Waals surface area contributed by atoms with Crippen molar-refractivity contribution >= 4 is 40.0 Å². The molecule has 0 bridgehead atoms. The van der Waals surface area contributed by atoms with Crippen molar-refractivity contribution in [3.63, 3.8) is 0 Å². The van der Waals surface area contributed by atoms with Crippen LogP contribution in [0.4, 0.5) is 5.69 Å². The van der Waals surface area contributed by atoms with Crippen LogP contribution in [0.25, 0.3) is 10.9 Å². The van der Waals surface area contributed by atoms with Gasteiger partial charge in [-0.3, -0.25) is 19.0 Å². The topological polar surface area (TPSA) is 71.4 Å². The highest BCUT2D eigenvalue weighted by molar-refractivity contribution is 6.33. The van der Waals surface area contributed by atoms with E-state index in [1.54, 1.807) is 29.2 Å². The second-order valence-corrected chi connectivity index (χ2v) is 8.29. The first kappa shape index (κ1) is 21.1. The van der Waals surface area contributed by atoms with Crippen molar-refractivity contribution < 1.29 is 9.59 Å². The fourth-order valence-electron chi connectivity index (χ4n) is 4.00. The van der Waals surface area contributed by atoms with Gasteiger partial charge in [-0.15, -0.1) is 0 Å². The number of pyridine rings is 1. The van der Waals surface area contributed by atoms with Gasteiger partial charge in [0.25, 0.3) is 11.5 Å². The lowest BCUT2D eigenvalue weighted by Crippen LogP contribution is -2.37. The minimum Gasteiger partial charge on any atom is -0.339 e. The van der Waals surface area contributed by atoms with Crippen LogP contribution in [0.1, 0.15) is 35.2 Å². The van der Waals surface area contributed by atoms with Crippen molar-refractivity contribution in [2.24, 2.45) is 0 Å². The molecule has 0 radical (unpaired) electrons. The summed E-state index contributed by atoms with van der Waals surface area (Å²) in [6.45, 7) is 3.14. The maximum Gasteiger partial charge on any atom is 0.254 e. The maximum absolute atomic E-state index is 13.1. The van der Waals surface area contributed by atoms with E-state index in [1.807, 2.05) is 25.1 Å². The summed E-state index contributed by atoms with van der Waals surface area (Å²) in [4.78, 5) is 40.5. The number of aryl methyl sites for hydroxylation is 1. The molecule has 160 valence electrons. The number of benzene rings is 2. The van der Waals surface area contributed by atoms with Crippen molar-refractivity contribution in [3.05, 3.63) is 75.0 Å². The quantitative estimate of drug-likeness (QED) is 0.664. The van der Waals surface area contributed by atoms with Crippen LogP contribution in [0.5, 0.6) is 0 Å². The van der Waals surface area contributed by atoms with Gasteiger partial charge in [-0.1, -0.05) is 35.9 Å². The number of halogens is 1. The number of anilines is 1. The lowest BCUT2D eigenvalue weighted by atomic mass is 10.0. The summed E-state index contributed by atoms with van der Waals surface area (Å²) in [6.07, 6.45) is 3.07. The molecule has 2 heterocycles. The zero-order valence-electron chi connectivity index (χ0n) is 17.4. The second kappa shape index (κ2) is 8.94. The van der Waals surface area contributed by atoms with E-state index >= 15 is 0 Å². The lowest BCUT2D eigenvalue weighted by Gasteiger charge is -2.27. The Bertz CT molecular complexity index is 1210. The number of hydrogen-bond donors (Lipinski definition) is 1. The van der Waals surface area contributed by atoms with E-state index in [9.17, 15) is 14.4 Å². The molecule has 4 rings (SSSR count). The molecular formula is C24H24ClN3O3. The number of carbonyl (C=O) groups is 2. The molecule has 3 aromatic rings. The predicted molar refractivity (Wildman–Crippen MR) is 123 cm³/mol. The number of fused-ring (bicyclic) bond motifs is 1. The molecule has 1 saturated heterocycles. The van der Waals surface area contributed by atoms with Gasteiger partial charge < -0.3 is 10.2 Å². The highest BCUT2D eigenvalue weighted by Gasteiger charge is 2.22. The summed E-state index contributed by atoms with van der Waals surface area (Å²) in [5, 5.41) is 3.86. The molecular weight excluding hydrogens is 414 g/mol. The minimum absolute atomic E-state index is 0.129. The molecule has 0 saturated carbocycles. The standard InChI is InChI=1S/C24H24ClN3O3/c1-16-9-10-20(19(25)13-16)26-22(29)15-28-21-8-4-3-7-17(21)18(14-23(28)30)24(31)27-11-5-2-6-12-27/h3-4,7-10,13-14H,2,5-6,11-12,15H2,1H3,(H,26,29). The molecule has 1 aromatic heterocycles. The Hall–Kier alpha value is -3.12. The Balaban J connectivity index is 1.66. The Kier molecular flexibility index (Phi) is 6.09. The van der Waals surface area contributed by atoms with E-state index in [0.29, 0.717) is 40.3 Å². The van der Waals surface area contributed by atoms with E-state index in [2.05, 4.69) is 5.32 Å². The lowest BCUT2D eigenvalue weighted by molar-refractivity contribution is -0.116. The van der Waals surface area contributed by atoms with E-state index in [0.717, 1.165) is 24.8 Å². The summed E-state index contributed by atoms with van der Waals surface area (Å²) in [6, 6.07) is 13.9. The molecule has 1 N–H and O–H groups in total. The molecule has 1 aliphatic heterocycles. The van der Waals surface area contributed by atoms with Crippen molar-refractivity contribution in [1.29, 1.82) is 0 Å². The smallest absolute Gasteiger partial charge is 0.254 e. The van der Waals surface area contributed by atoms with Crippen molar-refractivity contribution in [2.75, 3.05) is 18.4 Å². The first-order valence-electron chi connectivity index (χ1n) is 10.4. The molecule has 0 spiro atoms. The van der Waals surface area contributed by atoms with Crippen LogP contribution in [0, 0.1) is 6.92 Å². The zero-order chi connectivity index (χ0) is 22.0. The predicted octanol–water partition coefficient (Wildman–Crippen LogP) is 4.23. The Morgan fingerprint density at radius 2 is 1.77 bits per heavy atom. The average molecular weight is 438 g/mol. The average Bonchev–Trinajstić information content (AvgIpc) is 2.77. The third-order valence-corrected chi connectivity index (χ3v) is 5.91. The van der Waals surface area contributed by atoms with Gasteiger partial charge in [-0.25, -0.2) is 0 Å². The number of para-hydroxylation sites is 1. The van der Waals surface area contributed by atoms with Crippen molar-refractivity contribution in [1.82, 2.24) is 9.47 Å². The van der Waals surface area contributed by atoms with Gasteiger partial charge in [-0.2, -0.15) is 0 Å². The Morgan fingerprint density at radius 3 is 2.52 bits per heavy atom. The number of nitrogens with zero attached hydrogens (tertiary/aromatic N) is 2. The number of rotatable bonds is 4. The number of amides is 2. The molecule has 0 aliphatic carbocycles. The number of piperidine rings is 1. The Morgan fingerprint density at radius 1 is 1.03 bits per heavy atom. The van der Waals surface area contributed by atoms with Gasteiger partial charge >= 0.3 is 0 Å². The third kappa shape index (κ3) is 4.49. The molecule has 1 aliphatic rings. The van der Waals surface area contributed by atoms with Gasteiger partial charge in [0.05, 0.1) is 21.8 Å². The van der Waals surface area contributed by atoms with Crippen LogP contribution in [-0.2, 0) is 11.3 Å². The van der Waals surface area contributed by atoms with E-state index in [-0.39, 0.29) is 23.9 Å². The zero-order valence-corrected chi connectivity index (χ0v) is 18.1. The third-order valence-electron chi connectivity index (χ3n) is 5.59. The van der Waals surface area contributed by atoms with E-state index in [1.165, 1.54) is 10.6 Å². The number of aromatic nitrogens is 1. The summed E-state index contributed by atoms with van der Waals surface area (Å²) in [5.41, 5.74) is 2.04. The van der Waals surface area contributed by atoms with Gasteiger partial charge in [0.15, 0.2) is 0 Å². The summed E-state index contributed by atoms with van der Waals surface area (Å²) < 4.78 is 1.39. The SMILES string of the molecule is Cc1ccc(NC(=O)Cn2c(=O)cc(C(=O)N3CCCCC3)c3ccccc32)c(Cl)c1. The van der Waals surface area contributed by atoms with Crippen LogP contribution in [-0.4, -0.2) is 34.4 Å². The maximum atomic E-state index is 13.1. The van der Waals surface area contributed by atoms with Gasteiger partial charge in [0.1, 0.15) is 6.54 Å². The van der Waals surface area contributed by atoms with Crippen molar-refractivity contribution in [3.8, 4) is 0 Å². The normalized spacial score (nSPS) is 13.9. The van der Waals surface area contributed by atoms with Crippen LogP contribution < -0.4 is 10.9 Å². The Labute approximate surface area is 185 Å². The molecule has 2 aromatic carbocycles. The molecule has 1 fully saturated rings. The molecule has 31 heavy (non-hydrogen) atoms. The fourth-order valence-corrected chi connectivity index (χ4v) is 4.28. The minimum atomic E-state index is -0.385. The van der Waals surface area contributed by atoms with Crippen molar-refractivity contribution in [2.45, 2.75) is 32.7 Å². The number of carbonyl (C=O) groups excluding carboxylic acids is 2. The highest BCUT2D eigenvalue weighted by Crippen LogP contribution is 2.23. The molecule has 7 heteroatoms. The first-order valence-corrected chi connectivity index (χ1v) is 10.8. The first-order chi connectivity index (χ1) is 14.9. The molecule has 0 unspecified atom stereocenters. The van der Waals surface area contributed by atoms with Crippen LogP contribution in [0.15, 0.2) is 53.3 Å². The monoisotopic (exact) mass is 437 g/mol. The molecule has 6 nitrogen and oxygen atoms in total. The van der Waals surface area contributed by atoms with Crippen LogP contribution >= 0.6 is 11.6 Å². The number of nitrogens with one attached hydrogen (secondary N) is 1. The highest BCUT2D eigenvalue weighted by atomic mass is 35.5. The van der Waals surface area contributed by atoms with Crippen LogP contribution in [0.3, 0.4) is 0 Å². The van der Waals surface area contributed by atoms with E-state index in [4.69, 9.17) is 11.6 Å². The summed E-state index contributed by atoms with van der Waals surface area (Å²) >= 11 is 6.21. The molecule has 0 atom stereocenters. The molecule has 2 amide bonds. The largest absolute Gasteiger partial charge is 0.339 e. The number of hydrogen-bond acceptors (Lipinski definition) is 3. The summed E-state index contributed by atoms with van der Waals surface area (Å²) in [7, 11) is 0. The fraction of sp³-hybridized carbons (Fsp3) is 0.292. The summed E-state index contributed by atoms with van der Waals surface area (Å²) in [5.74, 6) is -0.496. The number of likely N-dealkylation sites (tertiary alicyclic amines) is 1. The second-order valence-electron chi connectivity index (χ2n) is 7.88. The van der Waals surface area contributed by atoms with E-state index < -0.39 is 0 Å².